The number of benzene rings is 1. The number of carboxylic acids is 1. The largest absolute Gasteiger partial charge is 0.478 e. The standard InChI is InChI=1S/C18H17FN2O4/c1-11-8-13(18(24)25)2-5-15(11)21-17(23)7-3-12-9-14(19)4-6-16(12)20-10-22/h2-10,12,16H,1H3,(H,20,22)(H,21,23)(H,24,25)/b7-3+. The van der Waals surface area contributed by atoms with Gasteiger partial charge in [0.25, 0.3) is 0 Å². The lowest BCUT2D eigenvalue weighted by Crippen LogP contribution is -2.33. The molecule has 130 valence electrons. The topological polar surface area (TPSA) is 95.5 Å². The average Bonchev–Trinajstić information content (AvgIpc) is 2.57. The molecule has 1 aliphatic rings. The Morgan fingerprint density at radius 1 is 1.32 bits per heavy atom. The maximum atomic E-state index is 13.4. The first-order chi connectivity index (χ1) is 11.9. The fourth-order valence-electron chi connectivity index (χ4n) is 2.40. The minimum atomic E-state index is -1.05. The first kappa shape index (κ1) is 18.1. The lowest BCUT2D eigenvalue weighted by Gasteiger charge is -2.20. The van der Waals surface area contributed by atoms with Crippen LogP contribution in [0, 0.1) is 12.8 Å². The molecule has 0 spiro atoms. The van der Waals surface area contributed by atoms with Gasteiger partial charge >= 0.3 is 5.97 Å². The number of aryl methyl sites for hydroxylation is 1. The molecule has 3 N–H and O–H groups in total. The van der Waals surface area contributed by atoms with Crippen LogP contribution in [0.2, 0.25) is 0 Å². The zero-order valence-electron chi connectivity index (χ0n) is 13.4. The van der Waals surface area contributed by atoms with E-state index in [-0.39, 0.29) is 5.56 Å². The van der Waals surface area contributed by atoms with Crippen molar-refractivity contribution in [3.8, 4) is 0 Å². The lowest BCUT2D eigenvalue weighted by molar-refractivity contribution is -0.112. The third-order valence-electron chi connectivity index (χ3n) is 3.69. The maximum Gasteiger partial charge on any atom is 0.335 e. The fourth-order valence-corrected chi connectivity index (χ4v) is 2.40. The van der Waals surface area contributed by atoms with E-state index in [1.165, 1.54) is 48.6 Å². The van der Waals surface area contributed by atoms with Gasteiger partial charge in [0, 0.05) is 11.6 Å². The van der Waals surface area contributed by atoms with Crippen molar-refractivity contribution < 1.29 is 23.9 Å². The van der Waals surface area contributed by atoms with Crippen LogP contribution < -0.4 is 10.6 Å². The number of allylic oxidation sites excluding steroid dienone is 2. The molecule has 0 saturated heterocycles. The van der Waals surface area contributed by atoms with Gasteiger partial charge < -0.3 is 15.7 Å². The Labute approximate surface area is 143 Å². The molecule has 0 aliphatic heterocycles. The van der Waals surface area contributed by atoms with E-state index in [0.29, 0.717) is 17.7 Å². The monoisotopic (exact) mass is 344 g/mol. The van der Waals surface area contributed by atoms with Crippen LogP contribution >= 0.6 is 0 Å². The highest BCUT2D eigenvalue weighted by Gasteiger charge is 2.18. The Morgan fingerprint density at radius 3 is 2.72 bits per heavy atom. The van der Waals surface area contributed by atoms with E-state index >= 15 is 0 Å². The van der Waals surface area contributed by atoms with Crippen molar-refractivity contribution in [1.29, 1.82) is 0 Å². The molecule has 6 nitrogen and oxygen atoms in total. The number of anilines is 1. The number of amides is 2. The van der Waals surface area contributed by atoms with Crippen molar-refractivity contribution in [3.05, 3.63) is 65.5 Å². The van der Waals surface area contributed by atoms with Crippen LogP contribution in [0.4, 0.5) is 10.1 Å². The van der Waals surface area contributed by atoms with E-state index in [1.54, 1.807) is 6.92 Å². The van der Waals surface area contributed by atoms with Crippen LogP contribution in [0.3, 0.4) is 0 Å². The van der Waals surface area contributed by atoms with Gasteiger partial charge in [-0.3, -0.25) is 9.59 Å². The number of hydrogen-bond donors (Lipinski definition) is 3. The zero-order valence-corrected chi connectivity index (χ0v) is 13.4. The molecule has 7 heteroatoms. The first-order valence-electron chi connectivity index (χ1n) is 7.49. The van der Waals surface area contributed by atoms with Crippen LogP contribution in [0.1, 0.15) is 15.9 Å². The Hall–Kier alpha value is -3.22. The van der Waals surface area contributed by atoms with Crippen LogP contribution in [0.5, 0.6) is 0 Å². The summed E-state index contributed by atoms with van der Waals surface area (Å²) in [6.07, 6.45) is 7.31. The number of carbonyl (C=O) groups is 3. The van der Waals surface area contributed by atoms with E-state index in [0.717, 1.165) is 0 Å². The molecule has 25 heavy (non-hydrogen) atoms. The summed E-state index contributed by atoms with van der Waals surface area (Å²) in [6.45, 7) is 1.68. The van der Waals surface area contributed by atoms with Gasteiger partial charge in [-0.2, -0.15) is 0 Å². The predicted molar refractivity (Wildman–Crippen MR) is 90.7 cm³/mol. The van der Waals surface area contributed by atoms with Gasteiger partial charge in [0.2, 0.25) is 12.3 Å². The highest BCUT2D eigenvalue weighted by Crippen LogP contribution is 2.20. The lowest BCUT2D eigenvalue weighted by atomic mass is 9.94. The van der Waals surface area contributed by atoms with E-state index in [2.05, 4.69) is 10.6 Å². The molecule has 2 rings (SSSR count). The number of nitrogens with one attached hydrogen (secondary N) is 2. The summed E-state index contributed by atoms with van der Waals surface area (Å²) in [6, 6.07) is 3.92. The highest BCUT2D eigenvalue weighted by molar-refractivity contribution is 6.00. The predicted octanol–water partition coefficient (Wildman–Crippen LogP) is 2.34. The van der Waals surface area contributed by atoms with E-state index in [9.17, 15) is 18.8 Å². The molecule has 0 saturated carbocycles. The van der Waals surface area contributed by atoms with Gasteiger partial charge in [0.1, 0.15) is 5.83 Å². The number of hydrogen-bond acceptors (Lipinski definition) is 3. The van der Waals surface area contributed by atoms with E-state index in [4.69, 9.17) is 5.11 Å². The van der Waals surface area contributed by atoms with Gasteiger partial charge in [-0.25, -0.2) is 9.18 Å². The second-order valence-corrected chi connectivity index (χ2v) is 5.48. The van der Waals surface area contributed by atoms with Gasteiger partial charge in [0.05, 0.1) is 11.6 Å². The number of carboxylic acid groups (broad SMARTS) is 1. The average molecular weight is 344 g/mol. The summed E-state index contributed by atoms with van der Waals surface area (Å²) >= 11 is 0. The summed E-state index contributed by atoms with van der Waals surface area (Å²) in [5.41, 5.74) is 1.21. The second kappa shape index (κ2) is 8.05. The molecule has 0 heterocycles. The highest BCUT2D eigenvalue weighted by atomic mass is 19.1. The minimum Gasteiger partial charge on any atom is -0.478 e. The van der Waals surface area contributed by atoms with E-state index < -0.39 is 29.7 Å². The van der Waals surface area contributed by atoms with Crippen LogP contribution in [0.15, 0.2) is 54.4 Å². The van der Waals surface area contributed by atoms with Crippen LogP contribution in [-0.4, -0.2) is 29.4 Å². The Bertz CT molecular complexity index is 783. The number of carbonyl (C=O) groups excluding carboxylic acids is 2. The quantitative estimate of drug-likeness (QED) is 0.545. The van der Waals surface area contributed by atoms with Gasteiger partial charge in [-0.05, 0) is 48.9 Å². The summed E-state index contributed by atoms with van der Waals surface area (Å²) in [5.74, 6) is -2.43. The molecule has 2 unspecified atom stereocenters. The zero-order chi connectivity index (χ0) is 18.4. The molecular weight excluding hydrogens is 327 g/mol. The number of rotatable bonds is 6. The summed E-state index contributed by atoms with van der Waals surface area (Å²) in [5, 5.41) is 14.1. The van der Waals surface area contributed by atoms with Gasteiger partial charge in [0.15, 0.2) is 0 Å². The number of aromatic carboxylic acids is 1. The third kappa shape index (κ3) is 4.87. The molecule has 1 aromatic carbocycles. The van der Waals surface area contributed by atoms with Gasteiger partial charge in [-0.1, -0.05) is 12.2 Å². The van der Waals surface area contributed by atoms with Crippen molar-refractivity contribution in [1.82, 2.24) is 5.32 Å². The maximum absolute atomic E-state index is 13.4. The summed E-state index contributed by atoms with van der Waals surface area (Å²) < 4.78 is 13.4. The molecule has 1 aliphatic carbocycles. The molecule has 1 aromatic rings. The normalized spacial score (nSPS) is 19.4. The van der Waals surface area contributed by atoms with Crippen molar-refractivity contribution in [2.24, 2.45) is 5.92 Å². The fraction of sp³-hybridized carbons (Fsp3) is 0.167. The van der Waals surface area contributed by atoms with Crippen molar-refractivity contribution in [3.63, 3.8) is 0 Å². The van der Waals surface area contributed by atoms with Crippen molar-refractivity contribution in [2.45, 2.75) is 13.0 Å². The molecule has 0 bridgehead atoms. The molecule has 0 aromatic heterocycles. The smallest absolute Gasteiger partial charge is 0.335 e. The number of halogens is 1. The van der Waals surface area contributed by atoms with Crippen molar-refractivity contribution in [2.75, 3.05) is 5.32 Å². The molecule has 0 radical (unpaired) electrons. The summed E-state index contributed by atoms with van der Waals surface area (Å²) in [7, 11) is 0. The molecular formula is C18H17FN2O4. The van der Waals surface area contributed by atoms with E-state index in [1.807, 2.05) is 0 Å². The molecule has 2 amide bonds. The third-order valence-corrected chi connectivity index (χ3v) is 3.69. The first-order valence-corrected chi connectivity index (χ1v) is 7.49. The Balaban J connectivity index is 2.06. The molecule has 0 fully saturated rings. The Morgan fingerprint density at radius 2 is 2.08 bits per heavy atom. The van der Waals surface area contributed by atoms with Crippen molar-refractivity contribution >= 4 is 24.0 Å². The van der Waals surface area contributed by atoms with Gasteiger partial charge in [-0.15, -0.1) is 0 Å². The second-order valence-electron chi connectivity index (χ2n) is 5.48. The SMILES string of the molecule is Cc1cc(C(=O)O)ccc1NC(=O)/C=C/C1C=C(F)C=CC1NC=O. The van der Waals surface area contributed by atoms with Crippen LogP contribution in [0.25, 0.3) is 0 Å². The summed E-state index contributed by atoms with van der Waals surface area (Å²) in [4.78, 5) is 33.5. The van der Waals surface area contributed by atoms with Crippen LogP contribution in [-0.2, 0) is 9.59 Å². The molecule has 2 atom stereocenters. The minimum absolute atomic E-state index is 0.128. The Kier molecular flexibility index (Phi) is 5.84.